The summed E-state index contributed by atoms with van der Waals surface area (Å²) in [5.74, 6) is 1.76. The average Bonchev–Trinajstić information content (AvgIpc) is 3.34. The quantitative estimate of drug-likeness (QED) is 0.809. The molecule has 0 N–H and O–H groups in total. The first kappa shape index (κ1) is 17.6. The molecule has 5 nitrogen and oxygen atoms in total. The number of benzene rings is 1. The molecule has 148 valence electrons. The molecular formula is C22H32N2O3. The Morgan fingerprint density at radius 1 is 1.00 bits per heavy atom. The van der Waals surface area contributed by atoms with Crippen molar-refractivity contribution in [2.45, 2.75) is 57.1 Å². The van der Waals surface area contributed by atoms with E-state index in [4.69, 9.17) is 14.2 Å². The van der Waals surface area contributed by atoms with E-state index < -0.39 is 0 Å². The van der Waals surface area contributed by atoms with E-state index in [1.165, 1.54) is 63.7 Å². The summed E-state index contributed by atoms with van der Waals surface area (Å²) in [4.78, 5) is 5.31. The number of methoxy groups -OCH3 is 1. The summed E-state index contributed by atoms with van der Waals surface area (Å²) in [5.41, 5.74) is 1.70. The number of piperidine rings is 2. The molecular weight excluding hydrogens is 340 g/mol. The predicted molar refractivity (Wildman–Crippen MR) is 106 cm³/mol. The Morgan fingerprint density at radius 3 is 2.67 bits per heavy atom. The molecule has 3 heterocycles. The summed E-state index contributed by atoms with van der Waals surface area (Å²) in [6, 6.07) is 7.08. The number of hydrogen-bond acceptors (Lipinski definition) is 5. The molecule has 2 saturated heterocycles. The Balaban J connectivity index is 1.22. The highest BCUT2D eigenvalue weighted by molar-refractivity contribution is 5.57. The second-order valence-corrected chi connectivity index (χ2v) is 8.81. The topological polar surface area (TPSA) is 34.2 Å². The lowest BCUT2D eigenvalue weighted by atomic mass is 9.76. The summed E-state index contributed by atoms with van der Waals surface area (Å²) < 4.78 is 16.9. The SMILES string of the molecule is CO[C@@H]1CCC[C@]12CCCN(C1CCN(c3ccc4c(c3)OCO4)CC1)C2. The van der Waals surface area contributed by atoms with Crippen molar-refractivity contribution >= 4 is 5.69 Å². The van der Waals surface area contributed by atoms with Gasteiger partial charge in [-0.05, 0) is 57.2 Å². The minimum absolute atomic E-state index is 0.347. The number of anilines is 1. The fourth-order valence-corrected chi connectivity index (χ4v) is 6.02. The van der Waals surface area contributed by atoms with Crippen molar-refractivity contribution in [3.63, 3.8) is 0 Å². The molecule has 5 rings (SSSR count). The lowest BCUT2D eigenvalue weighted by Crippen LogP contribution is -2.53. The Kier molecular flexibility index (Phi) is 4.68. The predicted octanol–water partition coefficient (Wildman–Crippen LogP) is 3.67. The molecule has 27 heavy (non-hydrogen) atoms. The summed E-state index contributed by atoms with van der Waals surface area (Å²) in [7, 11) is 1.92. The standard InChI is InChI=1S/C22H32N2O3/c1-25-21-4-2-9-22(21)10-3-11-24(15-22)17-7-12-23(13-8-17)18-5-6-19-20(14-18)27-16-26-19/h5-6,14,17,21H,2-4,7-13,15-16H2,1H3/t21-,22-/m1/s1. The molecule has 0 amide bonds. The average molecular weight is 373 g/mol. The summed E-state index contributed by atoms with van der Waals surface area (Å²) >= 11 is 0. The third kappa shape index (κ3) is 3.19. The molecule has 2 atom stereocenters. The van der Waals surface area contributed by atoms with Crippen LogP contribution in [0.5, 0.6) is 11.5 Å². The van der Waals surface area contributed by atoms with E-state index in [-0.39, 0.29) is 0 Å². The first-order chi connectivity index (χ1) is 13.3. The van der Waals surface area contributed by atoms with E-state index in [1.54, 1.807) is 0 Å². The Morgan fingerprint density at radius 2 is 1.81 bits per heavy atom. The first-order valence-corrected chi connectivity index (χ1v) is 10.7. The van der Waals surface area contributed by atoms with Crippen molar-refractivity contribution < 1.29 is 14.2 Å². The number of ether oxygens (including phenoxy) is 3. The van der Waals surface area contributed by atoms with Gasteiger partial charge in [-0.1, -0.05) is 6.42 Å². The third-order valence-corrected chi connectivity index (χ3v) is 7.45. The molecule has 1 aromatic carbocycles. The van der Waals surface area contributed by atoms with Crippen molar-refractivity contribution in [3.05, 3.63) is 18.2 Å². The molecule has 0 bridgehead atoms. The largest absolute Gasteiger partial charge is 0.454 e. The van der Waals surface area contributed by atoms with Crippen molar-refractivity contribution in [2.24, 2.45) is 5.41 Å². The van der Waals surface area contributed by atoms with Crippen LogP contribution in [0.2, 0.25) is 0 Å². The van der Waals surface area contributed by atoms with E-state index in [1.807, 2.05) is 13.2 Å². The van der Waals surface area contributed by atoms with E-state index in [0.717, 1.165) is 30.6 Å². The number of hydrogen-bond donors (Lipinski definition) is 0. The van der Waals surface area contributed by atoms with Gasteiger partial charge in [-0.15, -0.1) is 0 Å². The molecule has 3 aliphatic heterocycles. The molecule has 0 radical (unpaired) electrons. The van der Waals surface area contributed by atoms with Gasteiger partial charge in [-0.25, -0.2) is 0 Å². The van der Waals surface area contributed by atoms with Crippen molar-refractivity contribution in [1.82, 2.24) is 4.90 Å². The van der Waals surface area contributed by atoms with Crippen LogP contribution in [0.15, 0.2) is 18.2 Å². The first-order valence-electron chi connectivity index (χ1n) is 10.7. The zero-order valence-corrected chi connectivity index (χ0v) is 16.5. The third-order valence-electron chi connectivity index (χ3n) is 7.45. The molecule has 1 aliphatic carbocycles. The summed E-state index contributed by atoms with van der Waals surface area (Å²) in [6.45, 7) is 5.12. The molecule has 1 aromatic rings. The van der Waals surface area contributed by atoms with Gasteiger partial charge in [-0.3, -0.25) is 4.90 Å². The fraction of sp³-hybridized carbons (Fsp3) is 0.727. The van der Waals surface area contributed by atoms with E-state index in [0.29, 0.717) is 18.3 Å². The lowest BCUT2D eigenvalue weighted by molar-refractivity contribution is -0.0469. The maximum atomic E-state index is 5.89. The minimum Gasteiger partial charge on any atom is -0.454 e. The number of likely N-dealkylation sites (tertiary alicyclic amines) is 1. The van der Waals surface area contributed by atoms with Crippen LogP contribution >= 0.6 is 0 Å². The van der Waals surface area contributed by atoms with Crippen LogP contribution < -0.4 is 14.4 Å². The van der Waals surface area contributed by atoms with Crippen molar-refractivity contribution in [3.8, 4) is 11.5 Å². The van der Waals surface area contributed by atoms with Gasteiger partial charge in [0.1, 0.15) is 0 Å². The van der Waals surface area contributed by atoms with Crippen LogP contribution in [0.3, 0.4) is 0 Å². The zero-order valence-electron chi connectivity index (χ0n) is 16.5. The smallest absolute Gasteiger partial charge is 0.231 e. The van der Waals surface area contributed by atoms with Crippen LogP contribution in [-0.2, 0) is 4.74 Å². The number of rotatable bonds is 3. The van der Waals surface area contributed by atoms with Gasteiger partial charge in [0.25, 0.3) is 0 Å². The minimum atomic E-state index is 0.347. The van der Waals surface area contributed by atoms with Gasteiger partial charge in [0.15, 0.2) is 11.5 Å². The molecule has 3 fully saturated rings. The van der Waals surface area contributed by atoms with E-state index in [9.17, 15) is 0 Å². The van der Waals surface area contributed by atoms with Gasteiger partial charge in [0.2, 0.25) is 6.79 Å². The van der Waals surface area contributed by atoms with Gasteiger partial charge in [0, 0.05) is 50.0 Å². The molecule has 1 spiro atoms. The van der Waals surface area contributed by atoms with Crippen molar-refractivity contribution in [1.29, 1.82) is 0 Å². The van der Waals surface area contributed by atoms with Gasteiger partial charge in [0.05, 0.1) is 6.10 Å². The highest BCUT2D eigenvalue weighted by atomic mass is 16.7. The molecule has 4 aliphatic rings. The summed E-state index contributed by atoms with van der Waals surface area (Å²) in [5, 5.41) is 0. The lowest BCUT2D eigenvalue weighted by Gasteiger charge is -2.48. The molecule has 0 aromatic heterocycles. The maximum absolute atomic E-state index is 5.89. The fourth-order valence-electron chi connectivity index (χ4n) is 6.02. The molecule has 5 heteroatoms. The molecule has 1 saturated carbocycles. The second kappa shape index (κ2) is 7.17. The highest BCUT2D eigenvalue weighted by Crippen LogP contribution is 2.47. The van der Waals surface area contributed by atoms with Crippen LogP contribution in [0, 0.1) is 5.41 Å². The highest BCUT2D eigenvalue weighted by Gasteiger charge is 2.46. The van der Waals surface area contributed by atoms with Gasteiger partial charge >= 0.3 is 0 Å². The molecule has 0 unspecified atom stereocenters. The van der Waals surface area contributed by atoms with Gasteiger partial charge in [-0.2, -0.15) is 0 Å². The maximum Gasteiger partial charge on any atom is 0.231 e. The zero-order chi connectivity index (χ0) is 18.3. The number of nitrogens with zero attached hydrogens (tertiary/aromatic N) is 2. The Bertz CT molecular complexity index is 674. The second-order valence-electron chi connectivity index (χ2n) is 8.81. The monoisotopic (exact) mass is 372 g/mol. The van der Waals surface area contributed by atoms with Crippen LogP contribution in [0.1, 0.15) is 44.9 Å². The van der Waals surface area contributed by atoms with Crippen LogP contribution in [0.25, 0.3) is 0 Å². The summed E-state index contributed by atoms with van der Waals surface area (Å²) in [6.07, 6.45) is 9.64. The number of fused-ring (bicyclic) bond motifs is 1. The van der Waals surface area contributed by atoms with E-state index >= 15 is 0 Å². The van der Waals surface area contributed by atoms with Gasteiger partial charge < -0.3 is 19.1 Å². The van der Waals surface area contributed by atoms with Crippen molar-refractivity contribution in [2.75, 3.05) is 45.0 Å². The van der Waals surface area contributed by atoms with Crippen LogP contribution in [-0.4, -0.2) is 57.1 Å². The normalized spacial score (nSPS) is 31.7. The Labute approximate surface area is 162 Å². The van der Waals surface area contributed by atoms with E-state index in [2.05, 4.69) is 21.9 Å². The van der Waals surface area contributed by atoms with Crippen LogP contribution in [0.4, 0.5) is 5.69 Å². The Hall–Kier alpha value is -1.46.